The Morgan fingerprint density at radius 2 is 2.04 bits per heavy atom. The van der Waals surface area contributed by atoms with Crippen LogP contribution in [0.15, 0.2) is 39.9 Å². The third kappa shape index (κ3) is 1.97. The molecule has 0 fully saturated rings. The van der Waals surface area contributed by atoms with E-state index in [-0.39, 0.29) is 11.1 Å². The molecule has 4 rings (SSSR count). The number of thiazole rings is 1. The molecule has 0 unspecified atom stereocenters. The molecule has 3 heterocycles. The monoisotopic (exact) mass is 326 g/mol. The fourth-order valence-electron chi connectivity index (χ4n) is 2.89. The van der Waals surface area contributed by atoms with E-state index in [2.05, 4.69) is 10.1 Å². The lowest BCUT2D eigenvalue weighted by atomic mass is 10.2. The number of H-pyrrole nitrogens is 1. The Hall–Kier alpha value is -2.67. The lowest BCUT2D eigenvalue weighted by molar-refractivity contribution is 0.708. The molecule has 0 amide bonds. The Morgan fingerprint density at radius 3 is 2.78 bits per heavy atom. The standard InChI is InChI=1S/C16H14N4O2S/c1-3-19-9(2)14-11(8-13(19)21)18-20(15(14)22)16-17-10-6-4-5-7-12(10)23-16/h4-8,18H,3H2,1-2H3. The number of aromatic amines is 1. The Balaban J connectivity index is 2.05. The number of aryl methyl sites for hydroxylation is 1. The first-order chi connectivity index (χ1) is 11.1. The van der Waals surface area contributed by atoms with Gasteiger partial charge in [-0.3, -0.25) is 14.7 Å². The molecule has 0 saturated heterocycles. The molecule has 7 heteroatoms. The van der Waals surface area contributed by atoms with Gasteiger partial charge in [-0.15, -0.1) is 0 Å². The predicted molar refractivity (Wildman–Crippen MR) is 91.7 cm³/mol. The molecule has 1 aromatic carbocycles. The highest BCUT2D eigenvalue weighted by Crippen LogP contribution is 2.24. The fourth-order valence-corrected chi connectivity index (χ4v) is 3.82. The topological polar surface area (TPSA) is 72.7 Å². The van der Waals surface area contributed by atoms with Crippen LogP contribution in [0.5, 0.6) is 0 Å². The van der Waals surface area contributed by atoms with E-state index in [9.17, 15) is 9.59 Å². The molecule has 0 aliphatic rings. The third-order valence-corrected chi connectivity index (χ3v) is 5.03. The van der Waals surface area contributed by atoms with Crippen LogP contribution >= 0.6 is 11.3 Å². The van der Waals surface area contributed by atoms with Gasteiger partial charge in [0.05, 0.1) is 21.1 Å². The molecule has 0 radical (unpaired) electrons. The largest absolute Gasteiger partial charge is 0.312 e. The summed E-state index contributed by atoms with van der Waals surface area (Å²) in [4.78, 5) is 29.4. The number of pyridine rings is 1. The van der Waals surface area contributed by atoms with Gasteiger partial charge < -0.3 is 4.57 Å². The Bertz CT molecular complexity index is 1130. The molecule has 4 aromatic rings. The fraction of sp³-hybridized carbons (Fsp3) is 0.188. The van der Waals surface area contributed by atoms with Crippen molar-refractivity contribution in [1.29, 1.82) is 0 Å². The van der Waals surface area contributed by atoms with Crippen molar-refractivity contribution in [3.63, 3.8) is 0 Å². The predicted octanol–water partition coefficient (Wildman–Crippen LogP) is 2.42. The van der Waals surface area contributed by atoms with Gasteiger partial charge in [-0.05, 0) is 26.0 Å². The van der Waals surface area contributed by atoms with Crippen LogP contribution in [0.1, 0.15) is 12.6 Å². The van der Waals surface area contributed by atoms with Crippen LogP contribution in [0.25, 0.3) is 26.3 Å². The van der Waals surface area contributed by atoms with Crippen molar-refractivity contribution in [2.24, 2.45) is 0 Å². The molecule has 1 N–H and O–H groups in total. The first-order valence-electron chi connectivity index (χ1n) is 7.31. The van der Waals surface area contributed by atoms with E-state index in [1.54, 1.807) is 11.5 Å². The van der Waals surface area contributed by atoms with Crippen molar-refractivity contribution < 1.29 is 0 Å². The SMILES string of the molecule is CCn1c(C)c2c(=O)n(-c3nc4ccccc4s3)[nH]c2cc1=O. The minimum absolute atomic E-state index is 0.116. The zero-order chi connectivity index (χ0) is 16.1. The Labute approximate surface area is 134 Å². The van der Waals surface area contributed by atoms with Gasteiger partial charge in [0.2, 0.25) is 5.13 Å². The molecule has 6 nitrogen and oxygen atoms in total. The van der Waals surface area contributed by atoms with Crippen LogP contribution < -0.4 is 11.1 Å². The number of para-hydroxylation sites is 1. The number of fused-ring (bicyclic) bond motifs is 2. The molecule has 0 saturated carbocycles. The van der Waals surface area contributed by atoms with Crippen LogP contribution in [0.2, 0.25) is 0 Å². The number of nitrogens with zero attached hydrogens (tertiary/aromatic N) is 3. The van der Waals surface area contributed by atoms with Crippen LogP contribution in [0.4, 0.5) is 0 Å². The summed E-state index contributed by atoms with van der Waals surface area (Å²) < 4.78 is 4.03. The van der Waals surface area contributed by atoms with Crippen LogP contribution in [-0.4, -0.2) is 19.3 Å². The summed E-state index contributed by atoms with van der Waals surface area (Å²) in [6, 6.07) is 9.20. The molecule has 23 heavy (non-hydrogen) atoms. The maximum atomic E-state index is 12.8. The summed E-state index contributed by atoms with van der Waals surface area (Å²) in [6.45, 7) is 4.22. The van der Waals surface area contributed by atoms with Gasteiger partial charge >= 0.3 is 0 Å². The van der Waals surface area contributed by atoms with Gasteiger partial charge in [-0.25, -0.2) is 4.98 Å². The van der Waals surface area contributed by atoms with Crippen LogP contribution in [0.3, 0.4) is 0 Å². The smallest absolute Gasteiger partial charge is 0.282 e. The van der Waals surface area contributed by atoms with E-state index >= 15 is 0 Å². The maximum Gasteiger partial charge on any atom is 0.282 e. The second kappa shape index (κ2) is 4.92. The Kier molecular flexibility index (Phi) is 2.99. The van der Waals surface area contributed by atoms with Crippen molar-refractivity contribution in [2.45, 2.75) is 20.4 Å². The molecule has 0 atom stereocenters. The van der Waals surface area contributed by atoms with Gasteiger partial charge in [-0.2, -0.15) is 4.68 Å². The minimum Gasteiger partial charge on any atom is -0.312 e. The number of hydrogen-bond donors (Lipinski definition) is 1. The minimum atomic E-state index is -0.182. The molecule has 0 spiro atoms. The summed E-state index contributed by atoms with van der Waals surface area (Å²) in [5.74, 6) is 0. The van der Waals surface area contributed by atoms with Crippen LogP contribution in [0, 0.1) is 6.92 Å². The van der Waals surface area contributed by atoms with Gasteiger partial charge in [0.25, 0.3) is 11.1 Å². The number of nitrogens with one attached hydrogen (secondary N) is 1. The van der Waals surface area contributed by atoms with E-state index in [1.165, 1.54) is 22.1 Å². The molecular weight excluding hydrogens is 312 g/mol. The molecule has 0 bridgehead atoms. The second-order valence-electron chi connectivity index (χ2n) is 5.32. The van der Waals surface area contributed by atoms with Crippen molar-refractivity contribution in [3.8, 4) is 5.13 Å². The first kappa shape index (κ1) is 14.0. The average Bonchev–Trinajstić information content (AvgIpc) is 3.08. The summed E-state index contributed by atoms with van der Waals surface area (Å²) in [6.07, 6.45) is 0. The molecule has 0 aliphatic heterocycles. The number of benzene rings is 1. The van der Waals surface area contributed by atoms with Crippen molar-refractivity contribution in [3.05, 3.63) is 56.7 Å². The molecule has 116 valence electrons. The zero-order valence-corrected chi connectivity index (χ0v) is 13.5. The summed E-state index contributed by atoms with van der Waals surface area (Å²) in [5.41, 5.74) is 1.77. The van der Waals surface area contributed by atoms with Crippen molar-refractivity contribution >= 4 is 32.5 Å². The average molecular weight is 326 g/mol. The van der Waals surface area contributed by atoms with E-state index in [1.807, 2.05) is 31.2 Å². The highest BCUT2D eigenvalue weighted by atomic mass is 32.1. The lowest BCUT2D eigenvalue weighted by Crippen LogP contribution is -2.22. The normalized spacial score (nSPS) is 11.6. The second-order valence-corrected chi connectivity index (χ2v) is 6.33. The summed E-state index contributed by atoms with van der Waals surface area (Å²) in [7, 11) is 0. The number of aromatic nitrogens is 4. The van der Waals surface area contributed by atoms with Gasteiger partial charge in [-0.1, -0.05) is 23.5 Å². The van der Waals surface area contributed by atoms with E-state index < -0.39 is 0 Å². The summed E-state index contributed by atoms with van der Waals surface area (Å²) in [5, 5.41) is 4.12. The molecule has 0 aliphatic carbocycles. The number of rotatable bonds is 2. The van der Waals surface area contributed by atoms with Crippen molar-refractivity contribution in [2.75, 3.05) is 0 Å². The van der Waals surface area contributed by atoms with E-state index in [4.69, 9.17) is 0 Å². The molecule has 3 aromatic heterocycles. The van der Waals surface area contributed by atoms with Gasteiger partial charge in [0.1, 0.15) is 0 Å². The van der Waals surface area contributed by atoms with E-state index in [0.717, 1.165) is 10.2 Å². The quantitative estimate of drug-likeness (QED) is 0.615. The Morgan fingerprint density at radius 1 is 1.26 bits per heavy atom. The van der Waals surface area contributed by atoms with Crippen LogP contribution in [-0.2, 0) is 6.54 Å². The third-order valence-electron chi connectivity index (χ3n) is 4.01. The van der Waals surface area contributed by atoms with Gasteiger partial charge in [0.15, 0.2) is 0 Å². The lowest BCUT2D eigenvalue weighted by Gasteiger charge is -2.05. The highest BCUT2D eigenvalue weighted by Gasteiger charge is 2.16. The summed E-state index contributed by atoms with van der Waals surface area (Å²) >= 11 is 1.44. The van der Waals surface area contributed by atoms with Gasteiger partial charge in [0, 0.05) is 18.3 Å². The zero-order valence-electron chi connectivity index (χ0n) is 12.7. The number of hydrogen-bond acceptors (Lipinski definition) is 4. The van der Waals surface area contributed by atoms with E-state index in [0.29, 0.717) is 28.3 Å². The maximum absolute atomic E-state index is 12.8. The molecular formula is C16H14N4O2S. The first-order valence-corrected chi connectivity index (χ1v) is 8.13. The highest BCUT2D eigenvalue weighted by molar-refractivity contribution is 7.20. The van der Waals surface area contributed by atoms with Crippen molar-refractivity contribution in [1.82, 2.24) is 19.3 Å².